The molecule has 0 bridgehead atoms. The number of pyridine rings is 1. The van der Waals surface area contributed by atoms with E-state index in [4.69, 9.17) is 9.26 Å². The lowest BCUT2D eigenvalue weighted by molar-refractivity contribution is -0.152. The normalized spacial score (nSPS) is 15.9. The molecule has 0 radical (unpaired) electrons. The molecule has 180 valence electrons. The third-order valence-corrected chi connectivity index (χ3v) is 7.78. The van der Waals surface area contributed by atoms with Crippen LogP contribution < -0.4 is 0 Å². The van der Waals surface area contributed by atoms with Crippen molar-refractivity contribution in [2.24, 2.45) is 5.92 Å². The number of ether oxygens (including phenoxy) is 1. The smallest absolute Gasteiger partial charge is 0.309 e. The molecule has 1 aromatic carbocycles. The summed E-state index contributed by atoms with van der Waals surface area (Å²) in [4.78, 5) is 21.0. The summed E-state index contributed by atoms with van der Waals surface area (Å²) in [7, 11) is -3.61. The molecule has 0 amide bonds. The van der Waals surface area contributed by atoms with Crippen molar-refractivity contribution in [1.29, 1.82) is 0 Å². The Morgan fingerprint density at radius 2 is 1.85 bits per heavy atom. The van der Waals surface area contributed by atoms with E-state index in [0.29, 0.717) is 24.2 Å². The van der Waals surface area contributed by atoms with E-state index in [2.05, 4.69) is 35.9 Å². The van der Waals surface area contributed by atoms with Crippen molar-refractivity contribution in [1.82, 2.24) is 19.4 Å². The Bertz CT molecular complexity index is 1230. The first kappa shape index (κ1) is 24.0. The summed E-state index contributed by atoms with van der Waals surface area (Å²) in [6.07, 6.45) is 4.04. The molecule has 34 heavy (non-hydrogen) atoms. The van der Waals surface area contributed by atoms with Crippen LogP contribution in [0, 0.1) is 5.92 Å². The van der Waals surface area contributed by atoms with Gasteiger partial charge in [-0.3, -0.25) is 9.78 Å². The number of sulfonamides is 1. The number of hydrogen-bond acceptors (Lipinski definition) is 8. The lowest BCUT2D eigenvalue weighted by Crippen LogP contribution is -2.40. The Labute approximate surface area is 199 Å². The van der Waals surface area contributed by atoms with Crippen molar-refractivity contribution in [2.75, 3.05) is 13.1 Å². The first-order valence-corrected chi connectivity index (χ1v) is 12.6. The third-order valence-electron chi connectivity index (χ3n) is 5.87. The van der Waals surface area contributed by atoms with Crippen LogP contribution in [0.2, 0.25) is 0 Å². The number of nitrogens with zero attached hydrogens (tertiary/aromatic N) is 4. The Kier molecular flexibility index (Phi) is 6.81. The molecule has 0 N–H and O–H groups in total. The Morgan fingerprint density at radius 3 is 2.47 bits per heavy atom. The monoisotopic (exact) mass is 484 g/mol. The average Bonchev–Trinajstić information content (AvgIpc) is 3.32. The molecular formula is C24H28N4O5S. The van der Waals surface area contributed by atoms with Gasteiger partial charge in [-0.25, -0.2) is 8.42 Å². The molecule has 10 heteroatoms. The number of rotatable bonds is 6. The van der Waals surface area contributed by atoms with Gasteiger partial charge in [0.15, 0.2) is 6.61 Å². The maximum absolute atomic E-state index is 13.0. The molecule has 0 saturated carbocycles. The number of carbonyl (C=O) groups is 1. The zero-order chi connectivity index (χ0) is 24.3. The summed E-state index contributed by atoms with van der Waals surface area (Å²) in [5.41, 5.74) is 1.72. The lowest BCUT2D eigenvalue weighted by atomic mass is 9.87. The maximum Gasteiger partial charge on any atom is 0.309 e. The third kappa shape index (κ3) is 5.34. The first-order valence-electron chi connectivity index (χ1n) is 11.1. The van der Waals surface area contributed by atoms with Crippen LogP contribution in [0.15, 0.2) is 58.2 Å². The van der Waals surface area contributed by atoms with Crippen molar-refractivity contribution in [3.63, 3.8) is 0 Å². The summed E-state index contributed by atoms with van der Waals surface area (Å²) < 4.78 is 38.0. The number of hydrogen-bond donors (Lipinski definition) is 0. The van der Waals surface area contributed by atoms with Gasteiger partial charge in [0.2, 0.25) is 15.8 Å². The van der Waals surface area contributed by atoms with Gasteiger partial charge in [0, 0.05) is 31.0 Å². The SMILES string of the molecule is CC(C)(C)c1ccc(S(=O)(=O)N2CCC(C(=O)OCc3nc(-c4cccnc4)no3)CC2)cc1. The van der Waals surface area contributed by atoms with E-state index < -0.39 is 16.0 Å². The van der Waals surface area contributed by atoms with Crippen LogP contribution in [-0.4, -0.2) is 46.9 Å². The van der Waals surface area contributed by atoms with Crippen molar-refractivity contribution in [3.8, 4) is 11.4 Å². The maximum atomic E-state index is 13.0. The van der Waals surface area contributed by atoms with Crippen molar-refractivity contribution in [2.45, 2.75) is 50.5 Å². The van der Waals surface area contributed by atoms with E-state index in [1.54, 1.807) is 36.7 Å². The minimum absolute atomic E-state index is 0.0530. The zero-order valence-electron chi connectivity index (χ0n) is 19.5. The van der Waals surface area contributed by atoms with Gasteiger partial charge in [0.25, 0.3) is 5.89 Å². The summed E-state index contributed by atoms with van der Waals surface area (Å²) in [5.74, 6) is -0.220. The van der Waals surface area contributed by atoms with E-state index in [-0.39, 0.29) is 41.8 Å². The highest BCUT2D eigenvalue weighted by molar-refractivity contribution is 7.89. The molecule has 1 aliphatic rings. The molecule has 3 heterocycles. The second-order valence-corrected chi connectivity index (χ2v) is 11.3. The average molecular weight is 485 g/mol. The fourth-order valence-corrected chi connectivity index (χ4v) is 5.25. The number of carbonyl (C=O) groups excluding carboxylic acids is 1. The Morgan fingerprint density at radius 1 is 1.15 bits per heavy atom. The molecule has 0 spiro atoms. The molecule has 2 aromatic heterocycles. The molecule has 1 saturated heterocycles. The standard InChI is InChI=1S/C24H28N4O5S/c1-24(2,3)19-6-8-20(9-7-19)34(30,31)28-13-10-17(11-14-28)23(29)32-16-21-26-22(27-33-21)18-5-4-12-25-15-18/h4-9,12,15,17H,10-11,13-14,16H2,1-3H3. The van der Waals surface area contributed by atoms with E-state index in [1.807, 2.05) is 12.1 Å². The van der Waals surface area contributed by atoms with E-state index >= 15 is 0 Å². The van der Waals surface area contributed by atoms with Crippen LogP contribution in [0.5, 0.6) is 0 Å². The highest BCUT2D eigenvalue weighted by atomic mass is 32.2. The predicted octanol–water partition coefficient (Wildman–Crippen LogP) is 3.57. The predicted molar refractivity (Wildman–Crippen MR) is 124 cm³/mol. The second kappa shape index (κ2) is 9.63. The highest BCUT2D eigenvalue weighted by Crippen LogP contribution is 2.27. The Balaban J connectivity index is 1.30. The molecule has 9 nitrogen and oxygen atoms in total. The topological polar surface area (TPSA) is 115 Å². The van der Waals surface area contributed by atoms with E-state index in [0.717, 1.165) is 5.56 Å². The number of piperidine rings is 1. The van der Waals surface area contributed by atoms with Crippen LogP contribution in [-0.2, 0) is 31.6 Å². The largest absolute Gasteiger partial charge is 0.455 e. The van der Waals surface area contributed by atoms with Crippen molar-refractivity contribution < 1.29 is 22.5 Å². The van der Waals surface area contributed by atoms with Crippen LogP contribution in [0.1, 0.15) is 45.1 Å². The fourth-order valence-electron chi connectivity index (χ4n) is 3.78. The minimum Gasteiger partial charge on any atom is -0.455 e. The number of benzene rings is 1. The van der Waals surface area contributed by atoms with Crippen molar-refractivity contribution in [3.05, 3.63) is 60.2 Å². The lowest BCUT2D eigenvalue weighted by Gasteiger charge is -2.30. The van der Waals surface area contributed by atoms with E-state index in [1.165, 1.54) is 4.31 Å². The van der Waals surface area contributed by atoms with Crippen LogP contribution >= 0.6 is 0 Å². The Hall–Kier alpha value is -3.11. The number of aromatic nitrogens is 3. The van der Waals surface area contributed by atoms with Crippen molar-refractivity contribution >= 4 is 16.0 Å². The molecule has 0 unspecified atom stereocenters. The summed E-state index contributed by atoms with van der Waals surface area (Å²) in [5, 5.41) is 3.87. The van der Waals surface area contributed by atoms with Gasteiger partial charge in [0.1, 0.15) is 0 Å². The summed E-state index contributed by atoms with van der Waals surface area (Å²) in [6.45, 7) is 6.63. The molecular weight excluding hydrogens is 456 g/mol. The molecule has 0 atom stereocenters. The molecule has 1 fully saturated rings. The van der Waals surface area contributed by atoms with Gasteiger partial charge >= 0.3 is 5.97 Å². The van der Waals surface area contributed by atoms with Crippen LogP contribution in [0.3, 0.4) is 0 Å². The van der Waals surface area contributed by atoms with Gasteiger partial charge < -0.3 is 9.26 Å². The highest BCUT2D eigenvalue weighted by Gasteiger charge is 2.33. The molecule has 3 aromatic rings. The molecule has 0 aliphatic carbocycles. The fraction of sp³-hybridized carbons (Fsp3) is 0.417. The minimum atomic E-state index is -3.61. The van der Waals surface area contributed by atoms with Crippen LogP contribution in [0.4, 0.5) is 0 Å². The van der Waals surface area contributed by atoms with Gasteiger partial charge in [0.05, 0.1) is 10.8 Å². The summed E-state index contributed by atoms with van der Waals surface area (Å²) >= 11 is 0. The van der Waals surface area contributed by atoms with E-state index in [9.17, 15) is 13.2 Å². The molecule has 1 aliphatic heterocycles. The summed E-state index contributed by atoms with van der Waals surface area (Å²) in [6, 6.07) is 10.6. The van der Waals surface area contributed by atoms with Gasteiger partial charge in [-0.1, -0.05) is 38.1 Å². The zero-order valence-corrected chi connectivity index (χ0v) is 20.3. The van der Waals surface area contributed by atoms with Crippen LogP contribution in [0.25, 0.3) is 11.4 Å². The second-order valence-electron chi connectivity index (χ2n) is 9.31. The van der Waals surface area contributed by atoms with Gasteiger partial charge in [-0.2, -0.15) is 9.29 Å². The van der Waals surface area contributed by atoms with Gasteiger partial charge in [-0.15, -0.1) is 0 Å². The first-order chi connectivity index (χ1) is 16.1. The quantitative estimate of drug-likeness (QED) is 0.488. The van der Waals surface area contributed by atoms with Gasteiger partial charge in [-0.05, 0) is 48.1 Å². The number of esters is 1. The molecule has 4 rings (SSSR count).